The van der Waals surface area contributed by atoms with Crippen LogP contribution in [0.5, 0.6) is 5.88 Å². The van der Waals surface area contributed by atoms with Crippen LogP contribution in [0.15, 0.2) is 10.9 Å². The van der Waals surface area contributed by atoms with Gasteiger partial charge in [0.2, 0.25) is 11.8 Å². The molecule has 2 aromatic heterocycles. The molecular weight excluding hydrogens is 450 g/mol. The van der Waals surface area contributed by atoms with Gasteiger partial charge in [0.15, 0.2) is 17.0 Å². The number of nitrogens with two attached hydrogens (primary N) is 1. The Kier molecular flexibility index (Phi) is 6.09. The van der Waals surface area contributed by atoms with E-state index in [2.05, 4.69) is 10.4 Å². The molecule has 1 saturated carbocycles. The van der Waals surface area contributed by atoms with Gasteiger partial charge in [0.25, 0.3) is 17.4 Å². The largest absolute Gasteiger partial charge is 0.494 e. The van der Waals surface area contributed by atoms with E-state index >= 15 is 0 Å². The summed E-state index contributed by atoms with van der Waals surface area (Å²) in [6, 6.07) is -0.0255. The molecule has 4 rings (SSSR count). The summed E-state index contributed by atoms with van der Waals surface area (Å²) in [5, 5.41) is 17.7. The molecule has 2 amide bonds. The zero-order valence-electron chi connectivity index (χ0n) is 19.1. The van der Waals surface area contributed by atoms with Crippen molar-refractivity contribution in [2.24, 2.45) is 5.92 Å². The molecule has 2 fully saturated rings. The number of nitrogens with zero attached hydrogens (tertiary/aromatic N) is 4. The minimum absolute atomic E-state index is 0.0150. The lowest BCUT2D eigenvalue weighted by molar-refractivity contribution is -0.132. The van der Waals surface area contributed by atoms with E-state index < -0.39 is 47.6 Å². The van der Waals surface area contributed by atoms with Crippen LogP contribution in [0.2, 0.25) is 0 Å². The molecule has 4 N–H and O–H groups in total. The molecule has 184 valence electrons. The predicted molar refractivity (Wildman–Crippen MR) is 121 cm³/mol. The number of aromatic nitrogens is 3. The SMILES string of the molecule is CC(C)Cn1c(O)c(C(=O)NC2CC2)c(=O)n2nc(N)c(C=CC(=O)N3CCC(F)(F)CC3)c12. The van der Waals surface area contributed by atoms with Crippen molar-refractivity contribution in [2.45, 2.75) is 58.0 Å². The zero-order chi connectivity index (χ0) is 24.8. The Labute approximate surface area is 194 Å². The van der Waals surface area contributed by atoms with Gasteiger partial charge in [0, 0.05) is 44.6 Å². The summed E-state index contributed by atoms with van der Waals surface area (Å²) in [7, 11) is 0. The molecule has 0 unspecified atom stereocenters. The number of carbonyl (C=O) groups excluding carboxylic acids is 2. The molecule has 1 aliphatic heterocycles. The third kappa shape index (κ3) is 4.62. The van der Waals surface area contributed by atoms with Gasteiger partial charge >= 0.3 is 0 Å². The molecule has 0 radical (unpaired) electrons. The fourth-order valence-electron chi connectivity index (χ4n) is 3.97. The number of aromatic hydroxyl groups is 1. The van der Waals surface area contributed by atoms with Crippen LogP contribution >= 0.6 is 0 Å². The van der Waals surface area contributed by atoms with E-state index in [4.69, 9.17) is 5.73 Å². The second kappa shape index (κ2) is 8.73. The zero-order valence-corrected chi connectivity index (χ0v) is 19.1. The van der Waals surface area contributed by atoms with Crippen molar-refractivity contribution < 1.29 is 23.5 Å². The summed E-state index contributed by atoms with van der Waals surface area (Å²) in [6.45, 7) is 3.88. The Morgan fingerprint density at radius 1 is 1.29 bits per heavy atom. The van der Waals surface area contributed by atoms with Crippen LogP contribution < -0.4 is 16.6 Å². The van der Waals surface area contributed by atoms with E-state index in [9.17, 15) is 28.3 Å². The van der Waals surface area contributed by atoms with Crippen molar-refractivity contribution in [3.05, 3.63) is 27.6 Å². The number of rotatable bonds is 6. The van der Waals surface area contributed by atoms with Crippen LogP contribution in [0.4, 0.5) is 14.6 Å². The first-order chi connectivity index (χ1) is 16.0. The number of fused-ring (bicyclic) bond motifs is 1. The van der Waals surface area contributed by atoms with Gasteiger partial charge in [-0.1, -0.05) is 13.8 Å². The number of piperidine rings is 1. The van der Waals surface area contributed by atoms with Crippen molar-refractivity contribution in [1.29, 1.82) is 0 Å². The van der Waals surface area contributed by atoms with Crippen LogP contribution in [-0.2, 0) is 11.3 Å². The lowest BCUT2D eigenvalue weighted by Crippen LogP contribution is -2.42. The minimum atomic E-state index is -2.78. The summed E-state index contributed by atoms with van der Waals surface area (Å²) in [5.74, 6) is -4.52. The highest BCUT2D eigenvalue weighted by atomic mass is 19.3. The van der Waals surface area contributed by atoms with Crippen LogP contribution in [0.25, 0.3) is 11.7 Å². The van der Waals surface area contributed by atoms with Crippen LogP contribution in [0, 0.1) is 5.92 Å². The Bertz CT molecular complexity index is 1220. The lowest BCUT2D eigenvalue weighted by atomic mass is 10.1. The summed E-state index contributed by atoms with van der Waals surface area (Å²) in [6.07, 6.45) is 3.35. The molecule has 0 spiro atoms. The second-order valence-corrected chi connectivity index (χ2v) is 9.30. The maximum absolute atomic E-state index is 13.4. The molecule has 12 heteroatoms. The van der Waals surface area contributed by atoms with Crippen molar-refractivity contribution >= 4 is 29.4 Å². The van der Waals surface area contributed by atoms with Gasteiger partial charge < -0.3 is 21.1 Å². The number of likely N-dealkylation sites (tertiary alicyclic amines) is 1. The highest BCUT2D eigenvalue weighted by molar-refractivity contribution is 5.97. The molecule has 0 atom stereocenters. The summed E-state index contributed by atoms with van der Waals surface area (Å²) in [5.41, 5.74) is 5.13. The maximum Gasteiger partial charge on any atom is 0.291 e. The number of nitrogen functional groups attached to an aromatic ring is 1. The normalized spacial score (nSPS) is 18.2. The second-order valence-electron chi connectivity index (χ2n) is 9.30. The highest BCUT2D eigenvalue weighted by Crippen LogP contribution is 2.29. The molecule has 1 aliphatic carbocycles. The molecule has 2 aromatic rings. The summed E-state index contributed by atoms with van der Waals surface area (Å²) >= 11 is 0. The van der Waals surface area contributed by atoms with Gasteiger partial charge in [0.1, 0.15) is 0 Å². The number of amides is 2. The van der Waals surface area contributed by atoms with Crippen molar-refractivity contribution in [3.8, 4) is 5.88 Å². The fraction of sp³-hybridized carbons (Fsp3) is 0.545. The van der Waals surface area contributed by atoms with Crippen molar-refractivity contribution in [2.75, 3.05) is 18.8 Å². The quantitative estimate of drug-likeness (QED) is 0.540. The first kappa shape index (κ1) is 23.7. The molecule has 1 saturated heterocycles. The average molecular weight is 479 g/mol. The standard InChI is InChI=1S/C22H28F2N6O4/c1-12(2)11-29-19-14(5-6-15(31)28-9-7-22(23,24)8-10-28)17(25)27-30(19)21(34)16(20(29)33)18(32)26-13-3-4-13/h5-6,12-13,33H,3-4,7-11H2,1-2H3,(H2,25,27)(H,26,32). The van der Waals surface area contributed by atoms with E-state index in [0.29, 0.717) is 0 Å². The highest BCUT2D eigenvalue weighted by Gasteiger charge is 2.35. The monoisotopic (exact) mass is 478 g/mol. The number of halogens is 2. The Morgan fingerprint density at radius 2 is 1.94 bits per heavy atom. The third-order valence-corrected chi connectivity index (χ3v) is 5.95. The van der Waals surface area contributed by atoms with E-state index in [1.165, 1.54) is 21.6 Å². The summed E-state index contributed by atoms with van der Waals surface area (Å²) in [4.78, 5) is 39.6. The third-order valence-electron chi connectivity index (χ3n) is 5.95. The number of hydrogen-bond donors (Lipinski definition) is 3. The summed E-state index contributed by atoms with van der Waals surface area (Å²) < 4.78 is 29.1. The molecule has 10 nitrogen and oxygen atoms in total. The van der Waals surface area contributed by atoms with Crippen molar-refractivity contribution in [1.82, 2.24) is 24.4 Å². The van der Waals surface area contributed by atoms with Gasteiger partial charge in [0.05, 0.1) is 5.56 Å². The van der Waals surface area contributed by atoms with Crippen LogP contribution in [-0.4, -0.2) is 61.1 Å². The van der Waals surface area contributed by atoms with Gasteiger partial charge in [-0.05, 0) is 24.8 Å². The molecule has 34 heavy (non-hydrogen) atoms. The number of anilines is 1. The van der Waals surface area contributed by atoms with E-state index in [1.807, 2.05) is 13.8 Å². The van der Waals surface area contributed by atoms with Gasteiger partial charge in [-0.3, -0.25) is 19.0 Å². The minimum Gasteiger partial charge on any atom is -0.494 e. The van der Waals surface area contributed by atoms with Gasteiger partial charge in [-0.25, -0.2) is 8.78 Å². The maximum atomic E-state index is 13.4. The molecule has 3 heterocycles. The van der Waals surface area contributed by atoms with Crippen LogP contribution in [0.1, 0.15) is 55.5 Å². The average Bonchev–Trinajstić information content (AvgIpc) is 3.50. The van der Waals surface area contributed by atoms with Crippen molar-refractivity contribution in [3.63, 3.8) is 0 Å². The van der Waals surface area contributed by atoms with E-state index in [1.54, 1.807) is 0 Å². The molecule has 2 aliphatic rings. The smallest absolute Gasteiger partial charge is 0.291 e. The number of hydrogen-bond acceptors (Lipinski definition) is 6. The van der Waals surface area contributed by atoms with Gasteiger partial charge in [-0.15, -0.1) is 5.10 Å². The lowest BCUT2D eigenvalue weighted by Gasteiger charge is -2.30. The molecular formula is C22H28F2N6O4. The van der Waals surface area contributed by atoms with Gasteiger partial charge in [-0.2, -0.15) is 4.52 Å². The molecule has 0 aromatic carbocycles. The Morgan fingerprint density at radius 3 is 2.53 bits per heavy atom. The number of carbonyl (C=O) groups is 2. The Balaban J connectivity index is 1.75. The number of alkyl halides is 2. The van der Waals surface area contributed by atoms with E-state index in [-0.39, 0.29) is 48.6 Å². The first-order valence-corrected chi connectivity index (χ1v) is 11.3. The molecule has 0 bridgehead atoms. The Hall–Kier alpha value is -3.44. The fourth-order valence-corrected chi connectivity index (χ4v) is 3.97. The number of nitrogens with one attached hydrogen (secondary N) is 1. The topological polar surface area (TPSA) is 135 Å². The van der Waals surface area contributed by atoms with Crippen LogP contribution in [0.3, 0.4) is 0 Å². The van der Waals surface area contributed by atoms with E-state index in [0.717, 1.165) is 17.4 Å². The predicted octanol–water partition coefficient (Wildman–Crippen LogP) is 1.60. The first-order valence-electron chi connectivity index (χ1n) is 11.3.